The molecular formula is C34H37N5O7S. The number of para-hydroxylation sites is 1. The zero-order chi connectivity index (χ0) is 32.8. The van der Waals surface area contributed by atoms with E-state index in [2.05, 4.69) is 10.2 Å². The van der Waals surface area contributed by atoms with Gasteiger partial charge in [-0.2, -0.15) is 9.40 Å². The van der Waals surface area contributed by atoms with E-state index in [1.165, 1.54) is 16.4 Å². The molecule has 2 fully saturated rings. The van der Waals surface area contributed by atoms with Crippen LogP contribution in [0, 0.1) is 0 Å². The molecule has 2 aliphatic heterocycles. The molecule has 12 nitrogen and oxygen atoms in total. The predicted molar refractivity (Wildman–Crippen MR) is 179 cm³/mol. The number of aromatic nitrogens is 2. The number of anilines is 2. The minimum atomic E-state index is -3.78. The molecule has 13 heteroatoms. The van der Waals surface area contributed by atoms with Crippen LogP contribution < -0.4 is 19.7 Å². The third kappa shape index (κ3) is 7.18. The Morgan fingerprint density at radius 2 is 1.57 bits per heavy atom. The SMILES string of the molecule is COc1ccc(-c2nn(-c3ccccc3)cc2/C=C/C(=O)Nc2cc(S(=O)(=O)N3CCOCC3)ccc2N2CCOCC2)cc1OC. The van der Waals surface area contributed by atoms with E-state index >= 15 is 0 Å². The van der Waals surface area contributed by atoms with Crippen molar-refractivity contribution in [2.24, 2.45) is 0 Å². The van der Waals surface area contributed by atoms with Crippen LogP contribution in [0.4, 0.5) is 11.4 Å². The lowest BCUT2D eigenvalue weighted by Gasteiger charge is -2.31. The Hall–Kier alpha value is -4.69. The van der Waals surface area contributed by atoms with E-state index in [9.17, 15) is 13.2 Å². The topological polar surface area (TPSA) is 124 Å². The lowest BCUT2D eigenvalue weighted by atomic mass is 10.1. The standard InChI is InChI=1S/C34H37N5O7S/c1-43-31-12-8-25(22-32(31)44-2)34-26(24-39(36-34)27-6-4-3-5-7-27)9-13-33(40)35-29-23-28(47(41,42)38-16-20-46-21-17-38)10-11-30(29)37-14-18-45-19-15-37/h3-13,22-24H,14-21H2,1-2H3,(H,35,40)/b13-9+. The van der Waals surface area contributed by atoms with Crippen LogP contribution in [-0.4, -0.2) is 95.2 Å². The van der Waals surface area contributed by atoms with Gasteiger partial charge in [0.25, 0.3) is 0 Å². The monoisotopic (exact) mass is 659 g/mol. The Labute approximate surface area is 274 Å². The van der Waals surface area contributed by atoms with Crippen molar-refractivity contribution < 1.29 is 32.2 Å². The van der Waals surface area contributed by atoms with Crippen molar-refractivity contribution in [1.82, 2.24) is 14.1 Å². The molecule has 0 spiro atoms. The predicted octanol–water partition coefficient (Wildman–Crippen LogP) is 4.07. The summed E-state index contributed by atoms with van der Waals surface area (Å²) in [5.74, 6) is 0.713. The molecule has 0 bridgehead atoms. The summed E-state index contributed by atoms with van der Waals surface area (Å²) in [6, 6.07) is 20.1. The van der Waals surface area contributed by atoms with Crippen molar-refractivity contribution in [1.29, 1.82) is 0 Å². The molecule has 0 unspecified atom stereocenters. The van der Waals surface area contributed by atoms with Gasteiger partial charge in [-0.25, -0.2) is 13.1 Å². The number of carbonyl (C=O) groups is 1. The van der Waals surface area contributed by atoms with Gasteiger partial charge in [0.05, 0.1) is 62.6 Å². The van der Waals surface area contributed by atoms with Gasteiger partial charge in [0.15, 0.2) is 11.5 Å². The maximum atomic E-state index is 13.5. The maximum absolute atomic E-state index is 13.5. The number of carbonyl (C=O) groups excluding carboxylic acids is 1. The van der Waals surface area contributed by atoms with Crippen molar-refractivity contribution in [3.8, 4) is 28.4 Å². The zero-order valence-electron chi connectivity index (χ0n) is 26.3. The number of ether oxygens (including phenoxy) is 4. The smallest absolute Gasteiger partial charge is 0.248 e. The Morgan fingerprint density at radius 3 is 2.28 bits per heavy atom. The van der Waals surface area contributed by atoms with Crippen LogP contribution in [0.25, 0.3) is 23.0 Å². The van der Waals surface area contributed by atoms with Crippen molar-refractivity contribution in [3.63, 3.8) is 0 Å². The van der Waals surface area contributed by atoms with E-state index in [1.807, 2.05) is 48.7 Å². The van der Waals surface area contributed by atoms with Crippen LogP contribution in [-0.2, 0) is 24.3 Å². The van der Waals surface area contributed by atoms with Crippen LogP contribution in [0.15, 0.2) is 83.9 Å². The molecule has 0 saturated carbocycles. The highest BCUT2D eigenvalue weighted by atomic mass is 32.2. The Kier molecular flexibility index (Phi) is 9.87. The quantitative estimate of drug-likeness (QED) is 0.251. The number of hydrogen-bond acceptors (Lipinski definition) is 9. The second-order valence-electron chi connectivity index (χ2n) is 10.9. The number of methoxy groups -OCH3 is 2. The molecule has 6 rings (SSSR count). The normalized spacial score (nSPS) is 15.9. The van der Waals surface area contributed by atoms with Gasteiger partial charge >= 0.3 is 0 Å². The number of benzene rings is 3. The summed E-state index contributed by atoms with van der Waals surface area (Å²) in [5, 5.41) is 7.79. The Bertz CT molecular complexity index is 1850. The third-order valence-electron chi connectivity index (χ3n) is 8.02. The van der Waals surface area contributed by atoms with Crippen molar-refractivity contribution in [3.05, 3.63) is 84.6 Å². The summed E-state index contributed by atoms with van der Waals surface area (Å²) in [4.78, 5) is 15.7. The van der Waals surface area contributed by atoms with E-state index in [0.29, 0.717) is 68.0 Å². The molecule has 0 radical (unpaired) electrons. The fourth-order valence-corrected chi connectivity index (χ4v) is 7.00. The number of morpholine rings is 2. The van der Waals surface area contributed by atoms with Gasteiger partial charge < -0.3 is 29.2 Å². The van der Waals surface area contributed by atoms with E-state index in [-0.39, 0.29) is 18.0 Å². The number of nitrogens with zero attached hydrogens (tertiary/aromatic N) is 4. The van der Waals surface area contributed by atoms with Crippen LogP contribution >= 0.6 is 0 Å². The molecule has 1 amide bonds. The van der Waals surface area contributed by atoms with Crippen molar-refractivity contribution in [2.75, 3.05) is 77.0 Å². The minimum absolute atomic E-state index is 0.107. The van der Waals surface area contributed by atoms with Crippen LogP contribution in [0.2, 0.25) is 0 Å². The van der Waals surface area contributed by atoms with Crippen LogP contribution in [0.1, 0.15) is 5.56 Å². The lowest BCUT2D eigenvalue weighted by molar-refractivity contribution is -0.111. The maximum Gasteiger partial charge on any atom is 0.248 e. The second-order valence-corrected chi connectivity index (χ2v) is 12.8. The first-order valence-electron chi connectivity index (χ1n) is 15.3. The van der Waals surface area contributed by atoms with Gasteiger partial charge in [-0.15, -0.1) is 0 Å². The second kappa shape index (κ2) is 14.4. The number of rotatable bonds is 10. The first-order chi connectivity index (χ1) is 22.9. The number of hydrogen-bond donors (Lipinski definition) is 1. The van der Waals surface area contributed by atoms with Gasteiger partial charge in [-0.1, -0.05) is 18.2 Å². The van der Waals surface area contributed by atoms with Crippen LogP contribution in [0.5, 0.6) is 11.5 Å². The van der Waals surface area contributed by atoms with E-state index < -0.39 is 15.9 Å². The molecule has 47 heavy (non-hydrogen) atoms. The summed E-state index contributed by atoms with van der Waals surface area (Å²) in [6.07, 6.45) is 4.96. The first kappa shape index (κ1) is 32.3. The summed E-state index contributed by atoms with van der Waals surface area (Å²) in [6.45, 7) is 3.52. The fraction of sp³-hybridized carbons (Fsp3) is 0.294. The Morgan fingerprint density at radius 1 is 0.872 bits per heavy atom. The lowest BCUT2D eigenvalue weighted by Crippen LogP contribution is -2.40. The largest absolute Gasteiger partial charge is 0.493 e. The average molecular weight is 660 g/mol. The summed E-state index contributed by atoms with van der Waals surface area (Å²) in [5.41, 5.74) is 4.06. The minimum Gasteiger partial charge on any atom is -0.493 e. The molecule has 0 atom stereocenters. The highest BCUT2D eigenvalue weighted by molar-refractivity contribution is 7.89. The first-order valence-corrected chi connectivity index (χ1v) is 16.7. The molecule has 4 aromatic rings. The summed E-state index contributed by atoms with van der Waals surface area (Å²) in [7, 11) is -0.636. The molecule has 2 saturated heterocycles. The Balaban J connectivity index is 1.33. The molecule has 246 valence electrons. The molecular weight excluding hydrogens is 622 g/mol. The average Bonchev–Trinajstić information content (AvgIpc) is 3.56. The van der Waals surface area contributed by atoms with Gasteiger partial charge in [0, 0.05) is 49.6 Å². The highest BCUT2D eigenvalue weighted by Gasteiger charge is 2.28. The van der Waals surface area contributed by atoms with Gasteiger partial charge in [-0.3, -0.25) is 4.79 Å². The molecule has 0 aliphatic carbocycles. The third-order valence-corrected chi connectivity index (χ3v) is 9.91. The molecule has 3 heterocycles. The number of amides is 1. The van der Waals surface area contributed by atoms with E-state index in [4.69, 9.17) is 24.0 Å². The number of nitrogens with one attached hydrogen (secondary N) is 1. The van der Waals surface area contributed by atoms with E-state index in [0.717, 1.165) is 16.9 Å². The summed E-state index contributed by atoms with van der Waals surface area (Å²) < 4.78 is 51.9. The van der Waals surface area contributed by atoms with Crippen molar-refractivity contribution in [2.45, 2.75) is 4.90 Å². The van der Waals surface area contributed by atoms with Gasteiger partial charge in [0.2, 0.25) is 15.9 Å². The number of sulfonamides is 1. The van der Waals surface area contributed by atoms with E-state index in [1.54, 1.807) is 43.2 Å². The van der Waals surface area contributed by atoms with Gasteiger partial charge in [-0.05, 0) is 54.6 Å². The van der Waals surface area contributed by atoms with Gasteiger partial charge in [0.1, 0.15) is 5.69 Å². The molecule has 3 aromatic carbocycles. The van der Waals surface area contributed by atoms with Crippen LogP contribution in [0.3, 0.4) is 0 Å². The fourth-order valence-electron chi connectivity index (χ4n) is 5.56. The zero-order valence-corrected chi connectivity index (χ0v) is 27.1. The summed E-state index contributed by atoms with van der Waals surface area (Å²) >= 11 is 0. The molecule has 1 aromatic heterocycles. The van der Waals surface area contributed by atoms with Crippen molar-refractivity contribution >= 4 is 33.4 Å². The molecule has 2 aliphatic rings. The molecule has 1 N–H and O–H groups in total. The highest BCUT2D eigenvalue weighted by Crippen LogP contribution is 2.34.